The summed E-state index contributed by atoms with van der Waals surface area (Å²) < 4.78 is 38.2. The highest BCUT2D eigenvalue weighted by atomic mass is 35.5. The van der Waals surface area contributed by atoms with Crippen molar-refractivity contribution in [2.75, 3.05) is 38.1 Å². The number of nitrogens with zero attached hydrogens (tertiary/aromatic N) is 4. The molecular weight excluding hydrogens is 317 g/mol. The Hall–Kier alpha value is -1.60. The SMILES string of the molecule is CN1CCN(c2nc3ccc(C(F)(F)F)cc3nc2Cl)CC1. The molecule has 0 saturated carbocycles. The third kappa shape index (κ3) is 2.96. The molecule has 0 bridgehead atoms. The fourth-order valence-electron chi connectivity index (χ4n) is 2.42. The zero-order valence-electron chi connectivity index (χ0n) is 11.9. The number of aromatic nitrogens is 2. The molecule has 1 fully saturated rings. The lowest BCUT2D eigenvalue weighted by Crippen LogP contribution is -2.45. The summed E-state index contributed by atoms with van der Waals surface area (Å²) in [5, 5.41) is 0.136. The molecule has 1 saturated heterocycles. The van der Waals surface area contributed by atoms with Crippen LogP contribution in [0.25, 0.3) is 11.0 Å². The Balaban J connectivity index is 1.99. The standard InChI is InChI=1S/C14H14ClF3N4/c1-21-4-6-22(7-5-21)13-12(15)19-11-8-9(14(16,17)18)2-3-10(11)20-13/h2-3,8H,4-7H2,1H3. The van der Waals surface area contributed by atoms with Crippen LogP contribution in [0.3, 0.4) is 0 Å². The first kappa shape index (κ1) is 15.3. The molecule has 0 N–H and O–H groups in total. The number of likely N-dealkylation sites (N-methyl/N-ethyl adjacent to an activating group) is 1. The number of hydrogen-bond acceptors (Lipinski definition) is 4. The zero-order valence-corrected chi connectivity index (χ0v) is 12.6. The molecule has 0 aliphatic carbocycles. The van der Waals surface area contributed by atoms with Crippen molar-refractivity contribution in [3.05, 3.63) is 28.9 Å². The lowest BCUT2D eigenvalue weighted by molar-refractivity contribution is -0.137. The van der Waals surface area contributed by atoms with Crippen molar-refractivity contribution in [2.45, 2.75) is 6.18 Å². The number of piperazine rings is 1. The minimum atomic E-state index is -4.40. The Labute approximate surface area is 130 Å². The first-order chi connectivity index (χ1) is 10.3. The van der Waals surface area contributed by atoms with Crippen molar-refractivity contribution >= 4 is 28.5 Å². The Bertz CT molecular complexity index is 696. The second kappa shape index (κ2) is 5.55. The highest BCUT2D eigenvalue weighted by molar-refractivity contribution is 6.32. The summed E-state index contributed by atoms with van der Waals surface area (Å²) in [7, 11) is 2.03. The van der Waals surface area contributed by atoms with Crippen LogP contribution in [-0.4, -0.2) is 48.1 Å². The summed E-state index contributed by atoms with van der Waals surface area (Å²) in [6, 6.07) is 3.32. The van der Waals surface area contributed by atoms with E-state index < -0.39 is 11.7 Å². The fourth-order valence-corrected chi connectivity index (χ4v) is 2.67. The molecule has 0 amide bonds. The Kier molecular flexibility index (Phi) is 3.86. The van der Waals surface area contributed by atoms with Gasteiger partial charge in [-0.1, -0.05) is 11.6 Å². The number of hydrogen-bond donors (Lipinski definition) is 0. The molecule has 4 nitrogen and oxygen atoms in total. The molecule has 2 heterocycles. The maximum Gasteiger partial charge on any atom is 0.416 e. The minimum absolute atomic E-state index is 0.136. The third-order valence-electron chi connectivity index (χ3n) is 3.74. The Morgan fingerprint density at radius 2 is 1.73 bits per heavy atom. The average molecular weight is 331 g/mol. The molecule has 0 unspecified atom stereocenters. The highest BCUT2D eigenvalue weighted by Gasteiger charge is 2.31. The van der Waals surface area contributed by atoms with Gasteiger partial charge < -0.3 is 9.80 Å². The molecule has 2 aromatic rings. The van der Waals surface area contributed by atoms with Gasteiger partial charge in [0.15, 0.2) is 11.0 Å². The van der Waals surface area contributed by atoms with E-state index in [1.54, 1.807) is 0 Å². The number of rotatable bonds is 1. The van der Waals surface area contributed by atoms with Crippen LogP contribution >= 0.6 is 11.6 Å². The van der Waals surface area contributed by atoms with E-state index in [1.165, 1.54) is 6.07 Å². The van der Waals surface area contributed by atoms with Gasteiger partial charge in [0, 0.05) is 26.2 Å². The lowest BCUT2D eigenvalue weighted by atomic mass is 10.2. The number of fused-ring (bicyclic) bond motifs is 1. The van der Waals surface area contributed by atoms with E-state index >= 15 is 0 Å². The van der Waals surface area contributed by atoms with Crippen LogP contribution in [0.4, 0.5) is 19.0 Å². The summed E-state index contributed by atoms with van der Waals surface area (Å²) in [6.45, 7) is 3.28. The predicted octanol–water partition coefficient (Wildman–Crippen LogP) is 3.05. The molecule has 22 heavy (non-hydrogen) atoms. The van der Waals surface area contributed by atoms with Crippen LogP contribution in [0.5, 0.6) is 0 Å². The average Bonchev–Trinajstić information content (AvgIpc) is 2.46. The van der Waals surface area contributed by atoms with Gasteiger partial charge in [-0.25, -0.2) is 9.97 Å². The Morgan fingerprint density at radius 3 is 2.36 bits per heavy atom. The normalized spacial score (nSPS) is 17.2. The number of alkyl halides is 3. The molecule has 1 aliphatic rings. The van der Waals surface area contributed by atoms with Crippen molar-refractivity contribution in [1.82, 2.24) is 14.9 Å². The van der Waals surface area contributed by atoms with Crippen molar-refractivity contribution in [2.24, 2.45) is 0 Å². The van der Waals surface area contributed by atoms with Gasteiger partial charge in [-0.2, -0.15) is 13.2 Å². The quantitative estimate of drug-likeness (QED) is 0.804. The number of benzene rings is 1. The molecule has 1 aromatic carbocycles. The van der Waals surface area contributed by atoms with E-state index in [1.807, 2.05) is 11.9 Å². The summed E-state index contributed by atoms with van der Waals surface area (Å²) in [5.74, 6) is 0.530. The first-order valence-electron chi connectivity index (χ1n) is 6.82. The molecule has 0 radical (unpaired) electrons. The molecule has 1 aromatic heterocycles. The van der Waals surface area contributed by atoms with E-state index in [0.717, 1.165) is 38.3 Å². The highest BCUT2D eigenvalue weighted by Crippen LogP contribution is 2.32. The lowest BCUT2D eigenvalue weighted by Gasteiger charge is -2.33. The minimum Gasteiger partial charge on any atom is -0.351 e. The van der Waals surface area contributed by atoms with E-state index in [9.17, 15) is 13.2 Å². The van der Waals surface area contributed by atoms with Gasteiger partial charge >= 0.3 is 6.18 Å². The number of anilines is 1. The first-order valence-corrected chi connectivity index (χ1v) is 7.20. The third-order valence-corrected chi connectivity index (χ3v) is 3.99. The van der Waals surface area contributed by atoms with Crippen molar-refractivity contribution < 1.29 is 13.2 Å². The van der Waals surface area contributed by atoms with Gasteiger partial charge in [-0.05, 0) is 25.2 Å². The molecular formula is C14H14ClF3N4. The van der Waals surface area contributed by atoms with Crippen LogP contribution in [0.15, 0.2) is 18.2 Å². The topological polar surface area (TPSA) is 32.3 Å². The largest absolute Gasteiger partial charge is 0.416 e. The van der Waals surface area contributed by atoms with Gasteiger partial charge in [0.25, 0.3) is 0 Å². The van der Waals surface area contributed by atoms with Gasteiger partial charge in [0.05, 0.1) is 16.6 Å². The van der Waals surface area contributed by atoms with Crippen LogP contribution in [0, 0.1) is 0 Å². The smallest absolute Gasteiger partial charge is 0.351 e. The fraction of sp³-hybridized carbons (Fsp3) is 0.429. The zero-order chi connectivity index (χ0) is 15.9. The maximum absolute atomic E-state index is 12.7. The molecule has 0 atom stereocenters. The van der Waals surface area contributed by atoms with Crippen molar-refractivity contribution in [3.63, 3.8) is 0 Å². The molecule has 0 spiro atoms. The summed E-state index contributed by atoms with van der Waals surface area (Å²) in [6.07, 6.45) is -4.40. The monoisotopic (exact) mass is 330 g/mol. The summed E-state index contributed by atoms with van der Waals surface area (Å²) in [4.78, 5) is 12.7. The predicted molar refractivity (Wildman–Crippen MR) is 79.3 cm³/mol. The van der Waals surface area contributed by atoms with E-state index in [2.05, 4.69) is 14.9 Å². The van der Waals surface area contributed by atoms with Gasteiger partial charge in [-0.3, -0.25) is 0 Å². The van der Waals surface area contributed by atoms with Gasteiger partial charge in [-0.15, -0.1) is 0 Å². The van der Waals surface area contributed by atoms with E-state index in [-0.39, 0.29) is 10.7 Å². The van der Waals surface area contributed by atoms with Gasteiger partial charge in [0.1, 0.15) is 0 Å². The summed E-state index contributed by atoms with van der Waals surface area (Å²) in [5.41, 5.74) is -0.193. The second-order valence-electron chi connectivity index (χ2n) is 5.33. The van der Waals surface area contributed by atoms with Crippen molar-refractivity contribution in [3.8, 4) is 0 Å². The molecule has 3 rings (SSSR count). The van der Waals surface area contributed by atoms with E-state index in [4.69, 9.17) is 11.6 Å². The van der Waals surface area contributed by atoms with Crippen LogP contribution in [0.2, 0.25) is 5.15 Å². The van der Waals surface area contributed by atoms with Crippen LogP contribution < -0.4 is 4.90 Å². The van der Waals surface area contributed by atoms with Crippen molar-refractivity contribution in [1.29, 1.82) is 0 Å². The number of halogens is 4. The maximum atomic E-state index is 12.7. The van der Waals surface area contributed by atoms with Crippen LogP contribution in [0.1, 0.15) is 5.56 Å². The van der Waals surface area contributed by atoms with E-state index in [0.29, 0.717) is 11.3 Å². The molecule has 8 heteroatoms. The summed E-state index contributed by atoms with van der Waals surface area (Å²) >= 11 is 6.13. The van der Waals surface area contributed by atoms with Gasteiger partial charge in [0.2, 0.25) is 0 Å². The molecule has 118 valence electrons. The van der Waals surface area contributed by atoms with Crippen LogP contribution in [-0.2, 0) is 6.18 Å². The Morgan fingerprint density at radius 1 is 1.05 bits per heavy atom. The second-order valence-corrected chi connectivity index (χ2v) is 5.69. The molecule has 1 aliphatic heterocycles.